The first-order valence-electron chi connectivity index (χ1n) is 7.46. The summed E-state index contributed by atoms with van der Waals surface area (Å²) in [4.78, 5) is 0.996. The van der Waals surface area contributed by atoms with Gasteiger partial charge in [-0.25, -0.2) is 0 Å². The fraction of sp³-hybridized carbons (Fsp3) is 0.867. The van der Waals surface area contributed by atoms with Crippen LogP contribution in [0.3, 0.4) is 0 Å². The predicted molar refractivity (Wildman–Crippen MR) is 77.1 cm³/mol. The average Bonchev–Trinajstić information content (AvgIpc) is 3.03. The van der Waals surface area contributed by atoms with E-state index in [2.05, 4.69) is 30.4 Å². The second kappa shape index (κ2) is 4.81. The van der Waals surface area contributed by atoms with Crippen molar-refractivity contribution in [2.24, 2.45) is 17.8 Å². The molecule has 2 bridgehead atoms. The highest BCUT2D eigenvalue weighted by Gasteiger charge is 2.40. The van der Waals surface area contributed by atoms with Crippen LogP contribution in [0.25, 0.3) is 0 Å². The summed E-state index contributed by atoms with van der Waals surface area (Å²) in [5.41, 5.74) is 0.950. The largest absolute Gasteiger partial charge is 0.387 e. The van der Waals surface area contributed by atoms with E-state index in [4.69, 9.17) is 0 Å². The highest BCUT2D eigenvalue weighted by atomic mass is 32.1. The van der Waals surface area contributed by atoms with Crippen molar-refractivity contribution in [3.63, 3.8) is 0 Å². The van der Waals surface area contributed by atoms with Gasteiger partial charge in [0.1, 0.15) is 0 Å². The molecule has 2 fully saturated rings. The van der Waals surface area contributed by atoms with Gasteiger partial charge in [-0.05, 0) is 55.0 Å². The highest BCUT2D eigenvalue weighted by Crippen LogP contribution is 2.51. The first kappa shape index (κ1) is 13.5. The lowest BCUT2D eigenvalue weighted by Crippen LogP contribution is -2.18. The molecule has 3 nitrogen and oxygen atoms in total. The summed E-state index contributed by atoms with van der Waals surface area (Å²) in [5, 5.41) is 14.8. The molecule has 2 aliphatic carbocycles. The minimum atomic E-state index is -0.362. The van der Waals surface area contributed by atoms with Crippen LogP contribution >= 0.6 is 11.5 Å². The van der Waals surface area contributed by atoms with Crippen molar-refractivity contribution in [2.45, 2.75) is 64.4 Å². The van der Waals surface area contributed by atoms with Crippen molar-refractivity contribution in [3.8, 4) is 0 Å². The van der Waals surface area contributed by atoms with Gasteiger partial charge in [0.2, 0.25) is 0 Å². The molecule has 3 rings (SSSR count). The monoisotopic (exact) mass is 280 g/mol. The maximum Gasteiger partial charge on any atom is 0.0920 e. The molecule has 0 spiro atoms. The Hall–Kier alpha value is -0.480. The molecular weight excluding hydrogens is 256 g/mol. The first-order valence-corrected chi connectivity index (χ1v) is 8.23. The highest BCUT2D eigenvalue weighted by molar-refractivity contribution is 7.05. The van der Waals surface area contributed by atoms with Gasteiger partial charge in [0, 0.05) is 5.41 Å². The van der Waals surface area contributed by atoms with Crippen LogP contribution in [0.2, 0.25) is 0 Å². The lowest BCUT2D eigenvalue weighted by Gasteiger charge is -2.25. The SMILES string of the molecule is CC(C)(C)c1nnsc1C(O)CC1CC2CCC1C2. The van der Waals surface area contributed by atoms with Gasteiger partial charge in [0.15, 0.2) is 0 Å². The van der Waals surface area contributed by atoms with Gasteiger partial charge in [-0.2, -0.15) is 0 Å². The third-order valence-electron chi connectivity index (χ3n) is 4.94. The van der Waals surface area contributed by atoms with Crippen molar-refractivity contribution in [3.05, 3.63) is 10.6 Å². The molecule has 0 aromatic carbocycles. The van der Waals surface area contributed by atoms with Gasteiger partial charge in [0.25, 0.3) is 0 Å². The number of aromatic nitrogens is 2. The standard InChI is InChI=1S/C15H24N2OS/c1-15(2,3)14-13(19-17-16-14)12(18)8-11-7-9-4-5-10(11)6-9/h9-12,18H,4-8H2,1-3H3. The summed E-state index contributed by atoms with van der Waals surface area (Å²) in [6, 6.07) is 0. The molecule has 0 amide bonds. The molecule has 2 saturated carbocycles. The Balaban J connectivity index is 1.71. The summed E-state index contributed by atoms with van der Waals surface area (Å²) in [7, 11) is 0. The topological polar surface area (TPSA) is 46.0 Å². The zero-order chi connectivity index (χ0) is 13.6. The summed E-state index contributed by atoms with van der Waals surface area (Å²) in [6.07, 6.45) is 6.10. The maximum absolute atomic E-state index is 10.6. The van der Waals surface area contributed by atoms with Crippen LogP contribution in [0.1, 0.15) is 69.6 Å². The van der Waals surface area contributed by atoms with Gasteiger partial charge in [0.05, 0.1) is 16.7 Å². The van der Waals surface area contributed by atoms with E-state index in [1.54, 1.807) is 0 Å². The molecular formula is C15H24N2OS. The minimum Gasteiger partial charge on any atom is -0.387 e. The lowest BCUT2D eigenvalue weighted by molar-refractivity contribution is 0.127. The van der Waals surface area contributed by atoms with Crippen molar-refractivity contribution in [1.29, 1.82) is 0 Å². The van der Waals surface area contributed by atoms with Gasteiger partial charge in [-0.1, -0.05) is 31.7 Å². The molecule has 19 heavy (non-hydrogen) atoms. The third kappa shape index (κ3) is 2.57. The van der Waals surface area contributed by atoms with E-state index in [1.165, 1.54) is 37.2 Å². The molecule has 0 aliphatic heterocycles. The predicted octanol–water partition coefficient (Wildman–Crippen LogP) is 3.70. The van der Waals surface area contributed by atoms with Gasteiger partial charge in [-0.15, -0.1) is 5.10 Å². The first-order chi connectivity index (χ1) is 8.95. The van der Waals surface area contributed by atoms with Crippen molar-refractivity contribution >= 4 is 11.5 Å². The average molecular weight is 280 g/mol. The fourth-order valence-corrected chi connectivity index (χ4v) is 4.86. The molecule has 1 aromatic rings. The normalized spacial score (nSPS) is 31.9. The molecule has 4 heteroatoms. The van der Waals surface area contributed by atoms with E-state index in [1.807, 2.05) is 0 Å². The van der Waals surface area contributed by atoms with Crippen LogP contribution in [0.15, 0.2) is 0 Å². The van der Waals surface area contributed by atoms with Crippen molar-refractivity contribution in [2.75, 3.05) is 0 Å². The van der Waals surface area contributed by atoms with Crippen LogP contribution in [0, 0.1) is 17.8 Å². The molecule has 2 aliphatic rings. The van der Waals surface area contributed by atoms with E-state index in [0.717, 1.165) is 34.7 Å². The maximum atomic E-state index is 10.6. The van der Waals surface area contributed by atoms with Crippen LogP contribution in [0.4, 0.5) is 0 Å². The molecule has 0 saturated heterocycles. The number of nitrogens with zero attached hydrogens (tertiary/aromatic N) is 2. The second-order valence-electron chi connectivity index (χ2n) is 7.42. The Morgan fingerprint density at radius 3 is 2.68 bits per heavy atom. The van der Waals surface area contributed by atoms with Crippen LogP contribution in [-0.2, 0) is 5.41 Å². The Bertz CT molecular complexity index is 451. The van der Waals surface area contributed by atoms with E-state index < -0.39 is 0 Å². The van der Waals surface area contributed by atoms with E-state index in [-0.39, 0.29) is 11.5 Å². The zero-order valence-corrected chi connectivity index (χ0v) is 12.9. The Morgan fingerprint density at radius 1 is 1.32 bits per heavy atom. The molecule has 1 heterocycles. The molecule has 1 N–H and O–H groups in total. The number of aliphatic hydroxyl groups excluding tert-OH is 1. The summed E-state index contributed by atoms with van der Waals surface area (Å²) in [5.74, 6) is 2.55. The zero-order valence-electron chi connectivity index (χ0n) is 12.1. The van der Waals surface area contributed by atoms with E-state index in [0.29, 0.717) is 0 Å². The minimum absolute atomic E-state index is 0.0298. The Kier molecular flexibility index (Phi) is 3.42. The summed E-state index contributed by atoms with van der Waals surface area (Å²) >= 11 is 1.38. The lowest BCUT2D eigenvalue weighted by atomic mass is 9.83. The molecule has 4 atom stereocenters. The second-order valence-corrected chi connectivity index (χ2v) is 8.21. The molecule has 1 aromatic heterocycles. The van der Waals surface area contributed by atoms with E-state index in [9.17, 15) is 5.11 Å². The van der Waals surface area contributed by atoms with Crippen molar-refractivity contribution < 1.29 is 5.11 Å². The number of rotatable bonds is 3. The quantitative estimate of drug-likeness (QED) is 0.918. The molecule has 0 radical (unpaired) electrons. The third-order valence-corrected chi connectivity index (χ3v) is 5.76. The fourth-order valence-electron chi connectivity index (χ4n) is 3.99. The Labute approximate surface area is 119 Å². The van der Waals surface area contributed by atoms with Crippen LogP contribution in [0.5, 0.6) is 0 Å². The number of hydrogen-bond acceptors (Lipinski definition) is 4. The number of aliphatic hydroxyl groups is 1. The van der Waals surface area contributed by atoms with Gasteiger partial charge >= 0.3 is 0 Å². The number of fused-ring (bicyclic) bond motifs is 2. The van der Waals surface area contributed by atoms with Gasteiger partial charge in [-0.3, -0.25) is 0 Å². The van der Waals surface area contributed by atoms with E-state index >= 15 is 0 Å². The van der Waals surface area contributed by atoms with Gasteiger partial charge < -0.3 is 5.11 Å². The summed E-state index contributed by atoms with van der Waals surface area (Å²) < 4.78 is 4.06. The van der Waals surface area contributed by atoms with Crippen LogP contribution in [-0.4, -0.2) is 14.7 Å². The number of hydrogen-bond donors (Lipinski definition) is 1. The smallest absolute Gasteiger partial charge is 0.0920 e. The molecule has 4 unspecified atom stereocenters. The summed E-state index contributed by atoms with van der Waals surface area (Å²) in [6.45, 7) is 6.41. The van der Waals surface area contributed by atoms with Crippen molar-refractivity contribution in [1.82, 2.24) is 9.59 Å². The van der Waals surface area contributed by atoms with Crippen LogP contribution < -0.4 is 0 Å². The Morgan fingerprint density at radius 2 is 2.11 bits per heavy atom. The molecule has 106 valence electrons.